The molecule has 0 N–H and O–H groups in total. The predicted molar refractivity (Wildman–Crippen MR) is 69.4 cm³/mol. The van der Waals surface area contributed by atoms with Crippen LogP contribution >= 0.6 is 0 Å². The van der Waals surface area contributed by atoms with Gasteiger partial charge in [-0.3, -0.25) is 0 Å². The minimum atomic E-state index is -0.557. The zero-order valence-electron chi connectivity index (χ0n) is 11.2. The maximum atomic E-state index is 11.3. The first kappa shape index (κ1) is 15.4. The Morgan fingerprint density at radius 1 is 1.32 bits per heavy atom. The summed E-state index contributed by atoms with van der Waals surface area (Å²) >= 11 is 0. The van der Waals surface area contributed by atoms with Crippen molar-refractivity contribution in [3.63, 3.8) is 0 Å². The van der Waals surface area contributed by atoms with Crippen LogP contribution in [0.1, 0.15) is 26.2 Å². The second kappa shape index (κ2) is 7.74. The molecule has 0 amide bonds. The lowest BCUT2D eigenvalue weighted by Crippen LogP contribution is -2.35. The Hall–Kier alpha value is -1.62. The van der Waals surface area contributed by atoms with Crippen LogP contribution in [0, 0.1) is 0 Å². The summed E-state index contributed by atoms with van der Waals surface area (Å²) in [5.41, 5.74) is 0. The molecule has 0 aromatic carbocycles. The summed E-state index contributed by atoms with van der Waals surface area (Å²) in [5.74, 6) is -1.08. The van der Waals surface area contributed by atoms with Crippen molar-refractivity contribution in [2.24, 2.45) is 0 Å². The molecule has 0 radical (unpaired) electrons. The van der Waals surface area contributed by atoms with Crippen molar-refractivity contribution in [2.45, 2.75) is 44.5 Å². The average Bonchev–Trinajstić information content (AvgIpc) is 2.90. The van der Waals surface area contributed by atoms with Crippen molar-refractivity contribution < 1.29 is 23.8 Å². The van der Waals surface area contributed by atoms with Crippen LogP contribution in [0.25, 0.3) is 0 Å². The van der Waals surface area contributed by atoms with E-state index in [0.717, 1.165) is 25.0 Å². The van der Waals surface area contributed by atoms with Gasteiger partial charge < -0.3 is 14.2 Å². The molecule has 3 atom stereocenters. The lowest BCUT2D eigenvalue weighted by molar-refractivity contribution is -0.162. The highest BCUT2D eigenvalue weighted by molar-refractivity contribution is 5.82. The van der Waals surface area contributed by atoms with Crippen molar-refractivity contribution in [1.29, 1.82) is 0 Å². The summed E-state index contributed by atoms with van der Waals surface area (Å²) in [6.45, 7) is 9.08. The van der Waals surface area contributed by atoms with Gasteiger partial charge in [-0.05, 0) is 19.8 Å². The van der Waals surface area contributed by atoms with Crippen LogP contribution in [0.3, 0.4) is 0 Å². The molecule has 0 saturated carbocycles. The van der Waals surface area contributed by atoms with E-state index >= 15 is 0 Å². The quantitative estimate of drug-likeness (QED) is 0.520. The van der Waals surface area contributed by atoms with Crippen LogP contribution in [-0.2, 0) is 23.8 Å². The van der Waals surface area contributed by atoms with E-state index in [9.17, 15) is 9.59 Å². The lowest BCUT2D eigenvalue weighted by atomic mass is 10.1. The zero-order chi connectivity index (χ0) is 14.3. The number of rotatable bonds is 7. The van der Waals surface area contributed by atoms with Gasteiger partial charge in [-0.25, -0.2) is 9.59 Å². The van der Waals surface area contributed by atoms with Crippen molar-refractivity contribution >= 4 is 11.9 Å². The molecule has 1 fully saturated rings. The smallest absolute Gasteiger partial charge is 0.330 e. The van der Waals surface area contributed by atoms with Gasteiger partial charge in [0.25, 0.3) is 0 Å². The van der Waals surface area contributed by atoms with Gasteiger partial charge in [-0.1, -0.05) is 13.2 Å². The van der Waals surface area contributed by atoms with Gasteiger partial charge in [-0.2, -0.15) is 0 Å². The standard InChI is InChI=1S/C14H20O5/c1-4-13(15)18-10(3)12(19-14(16)5-2)9-11-7-6-8-17-11/h4-5,10-12H,1-2,6-9H2,3H3. The van der Waals surface area contributed by atoms with Gasteiger partial charge in [0.1, 0.15) is 12.2 Å². The molecular weight excluding hydrogens is 248 g/mol. The van der Waals surface area contributed by atoms with Gasteiger partial charge >= 0.3 is 11.9 Å². The second-order valence-electron chi connectivity index (χ2n) is 4.40. The Balaban J connectivity index is 2.60. The highest BCUT2D eigenvalue weighted by Gasteiger charge is 2.29. The topological polar surface area (TPSA) is 61.8 Å². The highest BCUT2D eigenvalue weighted by atomic mass is 16.6. The highest BCUT2D eigenvalue weighted by Crippen LogP contribution is 2.21. The van der Waals surface area contributed by atoms with Crippen LogP contribution in [0.2, 0.25) is 0 Å². The molecule has 5 nitrogen and oxygen atoms in total. The molecule has 1 aliphatic heterocycles. The molecule has 0 aliphatic carbocycles. The number of carbonyl (C=O) groups is 2. The fourth-order valence-electron chi connectivity index (χ4n) is 1.93. The minimum Gasteiger partial charge on any atom is -0.456 e. The maximum absolute atomic E-state index is 11.3. The van der Waals surface area contributed by atoms with Crippen LogP contribution < -0.4 is 0 Å². The molecule has 0 aromatic rings. The predicted octanol–water partition coefficient (Wildman–Crippen LogP) is 1.77. The number of ether oxygens (including phenoxy) is 3. The fraction of sp³-hybridized carbons (Fsp3) is 0.571. The van der Waals surface area contributed by atoms with E-state index < -0.39 is 24.1 Å². The first-order valence-corrected chi connectivity index (χ1v) is 6.34. The Morgan fingerprint density at radius 3 is 2.47 bits per heavy atom. The molecular formula is C14H20O5. The molecule has 0 bridgehead atoms. The van der Waals surface area contributed by atoms with Crippen LogP contribution in [0.15, 0.2) is 25.3 Å². The number of esters is 2. The van der Waals surface area contributed by atoms with Crippen LogP contribution in [0.5, 0.6) is 0 Å². The normalized spacial score (nSPS) is 21.2. The third-order valence-electron chi connectivity index (χ3n) is 2.95. The third-order valence-corrected chi connectivity index (χ3v) is 2.95. The Kier molecular flexibility index (Phi) is 6.29. The summed E-state index contributed by atoms with van der Waals surface area (Å²) < 4.78 is 15.8. The van der Waals surface area contributed by atoms with Crippen molar-refractivity contribution in [3.05, 3.63) is 25.3 Å². The van der Waals surface area contributed by atoms with E-state index in [-0.39, 0.29) is 6.10 Å². The van der Waals surface area contributed by atoms with Gasteiger partial charge in [0.15, 0.2) is 0 Å². The fourth-order valence-corrected chi connectivity index (χ4v) is 1.93. The number of hydrogen-bond acceptors (Lipinski definition) is 5. The summed E-state index contributed by atoms with van der Waals surface area (Å²) in [6.07, 6.45) is 3.52. The van der Waals surface area contributed by atoms with E-state index in [2.05, 4.69) is 13.2 Å². The molecule has 19 heavy (non-hydrogen) atoms. The van der Waals surface area contributed by atoms with Crippen molar-refractivity contribution in [1.82, 2.24) is 0 Å². The van der Waals surface area contributed by atoms with Gasteiger partial charge in [0.05, 0.1) is 6.10 Å². The van der Waals surface area contributed by atoms with Crippen molar-refractivity contribution in [2.75, 3.05) is 6.61 Å². The second-order valence-corrected chi connectivity index (χ2v) is 4.40. The first-order chi connectivity index (χ1) is 9.06. The van der Waals surface area contributed by atoms with Crippen molar-refractivity contribution in [3.8, 4) is 0 Å². The van der Waals surface area contributed by atoms with Gasteiger partial charge in [0, 0.05) is 25.2 Å². The molecule has 1 aliphatic rings. The molecule has 1 rings (SSSR count). The Morgan fingerprint density at radius 2 is 1.95 bits per heavy atom. The molecule has 0 aromatic heterocycles. The van der Waals surface area contributed by atoms with Gasteiger partial charge in [-0.15, -0.1) is 0 Å². The summed E-state index contributed by atoms with van der Waals surface area (Å²) in [5, 5.41) is 0. The molecule has 1 heterocycles. The van der Waals surface area contributed by atoms with E-state index in [1.54, 1.807) is 6.92 Å². The summed E-state index contributed by atoms with van der Waals surface area (Å²) in [6, 6.07) is 0. The summed E-state index contributed by atoms with van der Waals surface area (Å²) in [7, 11) is 0. The van der Waals surface area contributed by atoms with E-state index in [0.29, 0.717) is 13.0 Å². The van der Waals surface area contributed by atoms with Crippen LogP contribution in [-0.4, -0.2) is 36.9 Å². The number of carbonyl (C=O) groups excluding carboxylic acids is 2. The van der Waals surface area contributed by atoms with Crippen LogP contribution in [0.4, 0.5) is 0 Å². The third kappa shape index (κ3) is 5.26. The minimum absolute atomic E-state index is 0.0347. The zero-order valence-corrected chi connectivity index (χ0v) is 11.2. The largest absolute Gasteiger partial charge is 0.456 e. The first-order valence-electron chi connectivity index (χ1n) is 6.34. The molecule has 1 saturated heterocycles. The Bertz CT molecular complexity index is 344. The summed E-state index contributed by atoms with van der Waals surface area (Å²) in [4.78, 5) is 22.5. The molecule has 0 spiro atoms. The molecule has 3 unspecified atom stereocenters. The van der Waals surface area contributed by atoms with E-state index in [1.165, 1.54) is 0 Å². The molecule has 5 heteroatoms. The monoisotopic (exact) mass is 268 g/mol. The number of hydrogen-bond donors (Lipinski definition) is 0. The lowest BCUT2D eigenvalue weighted by Gasteiger charge is -2.25. The molecule has 106 valence electrons. The SMILES string of the molecule is C=CC(=O)OC(C)C(CC1CCCO1)OC(=O)C=C. The van der Waals surface area contributed by atoms with E-state index in [1.807, 2.05) is 0 Å². The van der Waals surface area contributed by atoms with Gasteiger partial charge in [0.2, 0.25) is 0 Å². The Labute approximate surface area is 113 Å². The average molecular weight is 268 g/mol. The maximum Gasteiger partial charge on any atom is 0.330 e. The van der Waals surface area contributed by atoms with E-state index in [4.69, 9.17) is 14.2 Å².